The highest BCUT2D eigenvalue weighted by atomic mass is 35.5. The van der Waals surface area contributed by atoms with Gasteiger partial charge in [0.15, 0.2) is 0 Å². The molecule has 0 aliphatic rings. The summed E-state index contributed by atoms with van der Waals surface area (Å²) >= 11 is 12.1. The van der Waals surface area contributed by atoms with Crippen LogP contribution in [0.4, 0.5) is 0 Å². The maximum absolute atomic E-state index is 13.4. The van der Waals surface area contributed by atoms with Crippen LogP contribution in [0.1, 0.15) is 24.1 Å². The highest BCUT2D eigenvalue weighted by molar-refractivity contribution is 7.89. The Balaban J connectivity index is 1.85. The SMILES string of the molecule is COc1ccc(S(=O)(=O)N(CC(=O)N[C@H](C)c2ccc(Cl)cc2)Cc2ccccc2)cc1Cl. The fourth-order valence-electron chi connectivity index (χ4n) is 3.25. The second kappa shape index (κ2) is 11.0. The number of nitrogens with one attached hydrogen (secondary N) is 1. The molecule has 0 aromatic heterocycles. The normalized spacial score (nSPS) is 12.4. The van der Waals surface area contributed by atoms with Gasteiger partial charge >= 0.3 is 0 Å². The molecule has 33 heavy (non-hydrogen) atoms. The van der Waals surface area contributed by atoms with E-state index in [1.165, 1.54) is 25.3 Å². The first-order valence-corrected chi connectivity index (χ1v) is 12.3. The van der Waals surface area contributed by atoms with Gasteiger partial charge in [-0.15, -0.1) is 0 Å². The second-order valence-corrected chi connectivity index (χ2v) is 10.2. The average molecular weight is 507 g/mol. The molecule has 0 bridgehead atoms. The molecule has 0 fully saturated rings. The number of carbonyl (C=O) groups is 1. The Kier molecular flexibility index (Phi) is 8.37. The van der Waals surface area contributed by atoms with Crippen LogP contribution in [-0.2, 0) is 21.4 Å². The molecule has 3 rings (SSSR count). The molecule has 0 saturated heterocycles. The molecule has 0 spiro atoms. The summed E-state index contributed by atoms with van der Waals surface area (Å²) in [6.45, 7) is 1.48. The molecule has 0 unspecified atom stereocenters. The minimum absolute atomic E-state index is 0.0234. The number of amides is 1. The van der Waals surface area contributed by atoms with Crippen molar-refractivity contribution in [2.45, 2.75) is 24.4 Å². The summed E-state index contributed by atoms with van der Waals surface area (Å²) < 4.78 is 33.1. The van der Waals surface area contributed by atoms with E-state index in [0.717, 1.165) is 15.4 Å². The van der Waals surface area contributed by atoms with Gasteiger partial charge in [0.05, 0.1) is 29.6 Å². The first kappa shape index (κ1) is 25.1. The van der Waals surface area contributed by atoms with E-state index < -0.39 is 15.9 Å². The average Bonchev–Trinajstić information content (AvgIpc) is 2.79. The summed E-state index contributed by atoms with van der Waals surface area (Å²) in [6, 6.07) is 20.1. The Bertz CT molecular complexity index is 1200. The van der Waals surface area contributed by atoms with E-state index in [0.29, 0.717) is 10.8 Å². The van der Waals surface area contributed by atoms with Crippen molar-refractivity contribution in [3.05, 3.63) is 94.0 Å². The minimum Gasteiger partial charge on any atom is -0.495 e. The second-order valence-electron chi connectivity index (χ2n) is 7.40. The summed E-state index contributed by atoms with van der Waals surface area (Å²) in [4.78, 5) is 12.8. The van der Waals surface area contributed by atoms with Gasteiger partial charge in [-0.3, -0.25) is 4.79 Å². The fourth-order valence-corrected chi connectivity index (χ4v) is 5.11. The first-order chi connectivity index (χ1) is 15.7. The number of nitrogens with zero attached hydrogens (tertiary/aromatic N) is 1. The Labute approximate surface area is 204 Å². The number of methoxy groups -OCH3 is 1. The lowest BCUT2D eigenvalue weighted by Gasteiger charge is -2.23. The van der Waals surface area contributed by atoms with E-state index in [-0.39, 0.29) is 29.0 Å². The van der Waals surface area contributed by atoms with Crippen LogP contribution in [0.25, 0.3) is 0 Å². The molecule has 3 aromatic carbocycles. The summed E-state index contributed by atoms with van der Waals surface area (Å²) in [5.74, 6) is -0.0728. The first-order valence-electron chi connectivity index (χ1n) is 10.1. The quantitative estimate of drug-likeness (QED) is 0.439. The van der Waals surface area contributed by atoms with Crippen LogP contribution in [0.15, 0.2) is 77.7 Å². The van der Waals surface area contributed by atoms with Gasteiger partial charge in [0.1, 0.15) is 5.75 Å². The highest BCUT2D eigenvalue weighted by Crippen LogP contribution is 2.29. The van der Waals surface area contributed by atoms with Gasteiger partial charge in [0.25, 0.3) is 0 Å². The van der Waals surface area contributed by atoms with Crippen molar-refractivity contribution >= 4 is 39.1 Å². The van der Waals surface area contributed by atoms with Crippen molar-refractivity contribution < 1.29 is 17.9 Å². The molecule has 3 aromatic rings. The molecule has 0 saturated carbocycles. The molecule has 0 heterocycles. The lowest BCUT2D eigenvalue weighted by molar-refractivity contribution is -0.122. The summed E-state index contributed by atoms with van der Waals surface area (Å²) in [5.41, 5.74) is 1.60. The number of ether oxygens (including phenoxy) is 1. The molecule has 0 aliphatic carbocycles. The third-order valence-corrected chi connectivity index (χ3v) is 7.37. The third-order valence-electron chi connectivity index (χ3n) is 5.03. The van der Waals surface area contributed by atoms with Crippen LogP contribution in [0, 0.1) is 0 Å². The number of sulfonamides is 1. The number of benzene rings is 3. The van der Waals surface area contributed by atoms with Crippen LogP contribution in [0.2, 0.25) is 10.0 Å². The molecular formula is C24H24Cl2N2O4S. The Morgan fingerprint density at radius 2 is 1.70 bits per heavy atom. The predicted molar refractivity (Wildman–Crippen MR) is 130 cm³/mol. The van der Waals surface area contributed by atoms with Crippen LogP contribution in [-0.4, -0.2) is 32.3 Å². The number of rotatable bonds is 9. The van der Waals surface area contributed by atoms with E-state index in [1.807, 2.05) is 37.3 Å². The number of hydrogen-bond donors (Lipinski definition) is 1. The standard InChI is InChI=1S/C24H24Cl2N2O4S/c1-17(19-8-10-20(25)11-9-19)27-24(29)16-28(15-18-6-4-3-5-7-18)33(30,31)21-12-13-23(32-2)22(26)14-21/h3-14,17H,15-16H2,1-2H3,(H,27,29)/t17-/m1/s1. The van der Waals surface area contributed by atoms with E-state index in [2.05, 4.69) is 5.32 Å². The monoisotopic (exact) mass is 506 g/mol. The van der Waals surface area contributed by atoms with Gasteiger partial charge in [-0.05, 0) is 48.4 Å². The van der Waals surface area contributed by atoms with Gasteiger partial charge in [0.2, 0.25) is 15.9 Å². The fraction of sp³-hybridized carbons (Fsp3) is 0.208. The van der Waals surface area contributed by atoms with Gasteiger partial charge in [-0.2, -0.15) is 4.31 Å². The number of halogens is 2. The van der Waals surface area contributed by atoms with Crippen molar-refractivity contribution in [2.24, 2.45) is 0 Å². The highest BCUT2D eigenvalue weighted by Gasteiger charge is 2.28. The van der Waals surface area contributed by atoms with Crippen molar-refractivity contribution in [2.75, 3.05) is 13.7 Å². The van der Waals surface area contributed by atoms with Crippen molar-refractivity contribution in [3.8, 4) is 5.75 Å². The van der Waals surface area contributed by atoms with Crippen molar-refractivity contribution in [3.63, 3.8) is 0 Å². The molecule has 1 atom stereocenters. The Morgan fingerprint density at radius 3 is 2.30 bits per heavy atom. The van der Waals surface area contributed by atoms with Gasteiger partial charge in [0, 0.05) is 11.6 Å². The maximum atomic E-state index is 13.4. The number of carbonyl (C=O) groups excluding carboxylic acids is 1. The topological polar surface area (TPSA) is 75.7 Å². The lowest BCUT2D eigenvalue weighted by Crippen LogP contribution is -2.41. The van der Waals surface area contributed by atoms with Crippen LogP contribution < -0.4 is 10.1 Å². The molecule has 174 valence electrons. The molecule has 6 nitrogen and oxygen atoms in total. The van der Waals surface area contributed by atoms with E-state index >= 15 is 0 Å². The van der Waals surface area contributed by atoms with E-state index in [9.17, 15) is 13.2 Å². The smallest absolute Gasteiger partial charge is 0.243 e. The minimum atomic E-state index is -4.03. The largest absolute Gasteiger partial charge is 0.495 e. The van der Waals surface area contributed by atoms with Gasteiger partial charge < -0.3 is 10.1 Å². The third kappa shape index (κ3) is 6.48. The molecule has 0 aliphatic heterocycles. The van der Waals surface area contributed by atoms with Crippen molar-refractivity contribution in [1.29, 1.82) is 0 Å². The predicted octanol–water partition coefficient (Wildman–Crippen LogP) is 5.07. The molecule has 0 radical (unpaired) electrons. The zero-order chi connectivity index (χ0) is 24.0. The zero-order valence-corrected chi connectivity index (χ0v) is 20.5. The summed E-state index contributed by atoms with van der Waals surface area (Å²) in [6.07, 6.45) is 0. The van der Waals surface area contributed by atoms with E-state index in [4.69, 9.17) is 27.9 Å². The molecule has 9 heteroatoms. The zero-order valence-electron chi connectivity index (χ0n) is 18.2. The van der Waals surface area contributed by atoms with E-state index in [1.54, 1.807) is 24.3 Å². The van der Waals surface area contributed by atoms with Gasteiger partial charge in [-0.1, -0.05) is 65.7 Å². The Morgan fingerprint density at radius 1 is 1.03 bits per heavy atom. The summed E-state index contributed by atoms with van der Waals surface area (Å²) in [5, 5.41) is 3.61. The Hall–Kier alpha value is -2.58. The molecule has 1 amide bonds. The molecule has 1 N–H and O–H groups in total. The van der Waals surface area contributed by atoms with Crippen LogP contribution in [0.5, 0.6) is 5.75 Å². The van der Waals surface area contributed by atoms with Crippen LogP contribution in [0.3, 0.4) is 0 Å². The molecular weight excluding hydrogens is 483 g/mol. The van der Waals surface area contributed by atoms with Gasteiger partial charge in [-0.25, -0.2) is 8.42 Å². The maximum Gasteiger partial charge on any atom is 0.243 e. The number of hydrogen-bond acceptors (Lipinski definition) is 4. The van der Waals surface area contributed by atoms with Crippen LogP contribution >= 0.6 is 23.2 Å². The van der Waals surface area contributed by atoms with Crippen molar-refractivity contribution in [1.82, 2.24) is 9.62 Å². The lowest BCUT2D eigenvalue weighted by atomic mass is 10.1. The summed E-state index contributed by atoms with van der Waals surface area (Å²) in [7, 11) is -2.59.